The van der Waals surface area contributed by atoms with Crippen molar-refractivity contribution in [1.82, 2.24) is 10.2 Å². The molecule has 3 aliphatic rings. The highest BCUT2D eigenvalue weighted by Gasteiger charge is 2.60. The van der Waals surface area contributed by atoms with Crippen molar-refractivity contribution in [2.75, 3.05) is 13.7 Å². The monoisotopic (exact) mass is 514 g/mol. The fourth-order valence-corrected chi connectivity index (χ4v) is 6.11. The van der Waals surface area contributed by atoms with E-state index in [0.717, 1.165) is 12.8 Å². The molecular formula is C29H42N2O6. The van der Waals surface area contributed by atoms with Gasteiger partial charge in [-0.3, -0.25) is 14.4 Å². The molecule has 8 heteroatoms. The highest BCUT2D eigenvalue weighted by atomic mass is 16.5. The van der Waals surface area contributed by atoms with Crippen molar-refractivity contribution < 1.29 is 28.3 Å². The number of methoxy groups -OCH3 is 1. The lowest BCUT2D eigenvalue weighted by Crippen LogP contribution is -2.61. The largest absolute Gasteiger partial charge is 0.468 e. The second kappa shape index (κ2) is 11.0. The lowest BCUT2D eigenvalue weighted by molar-refractivity contribution is -0.180. The topological polar surface area (TPSA) is 98.1 Å². The van der Waals surface area contributed by atoms with Gasteiger partial charge in [0.15, 0.2) is 0 Å². The third-order valence-electron chi connectivity index (χ3n) is 8.33. The molecule has 0 unspecified atom stereocenters. The quantitative estimate of drug-likeness (QED) is 0.535. The average Bonchev–Trinajstić information content (AvgIpc) is 3.38. The first-order chi connectivity index (χ1) is 17.6. The van der Waals surface area contributed by atoms with Crippen molar-refractivity contribution in [3.05, 3.63) is 35.9 Å². The van der Waals surface area contributed by atoms with Crippen LogP contribution < -0.4 is 5.32 Å². The molecule has 8 nitrogen and oxygen atoms in total. The number of carbonyl (C=O) groups is 3. The highest BCUT2D eigenvalue weighted by molar-refractivity contribution is 5.92. The molecular weight excluding hydrogens is 472 g/mol. The summed E-state index contributed by atoms with van der Waals surface area (Å²) in [4.78, 5) is 42.1. The number of furan rings is 1. The maximum absolute atomic E-state index is 13.9. The molecule has 204 valence electrons. The lowest BCUT2D eigenvalue weighted by Gasteiger charge is -2.52. The minimum atomic E-state index is -1.20. The van der Waals surface area contributed by atoms with Crippen LogP contribution in [0.3, 0.4) is 0 Å². The number of nitrogens with zero attached hydrogens (tertiary/aromatic N) is 1. The first-order valence-electron chi connectivity index (χ1n) is 13.6. The van der Waals surface area contributed by atoms with E-state index in [1.807, 2.05) is 13.0 Å². The second-order valence-electron chi connectivity index (χ2n) is 12.0. The Kier molecular flexibility index (Phi) is 8.17. The van der Waals surface area contributed by atoms with Crippen LogP contribution in [0.5, 0.6) is 0 Å². The van der Waals surface area contributed by atoms with Gasteiger partial charge in [-0.25, -0.2) is 0 Å². The van der Waals surface area contributed by atoms with Crippen molar-refractivity contribution in [3.8, 4) is 0 Å². The maximum atomic E-state index is 13.9. The Morgan fingerprint density at radius 1 is 1.22 bits per heavy atom. The molecule has 3 heterocycles. The Labute approximate surface area is 220 Å². The third-order valence-corrected chi connectivity index (χ3v) is 8.33. The van der Waals surface area contributed by atoms with E-state index in [1.165, 1.54) is 26.4 Å². The molecule has 1 aromatic heterocycles. The van der Waals surface area contributed by atoms with Gasteiger partial charge in [0.2, 0.25) is 11.8 Å². The number of rotatable bonds is 7. The molecule has 2 aliphatic heterocycles. The summed E-state index contributed by atoms with van der Waals surface area (Å²) in [5.74, 6) is -0.393. The molecule has 1 aliphatic carbocycles. The maximum Gasteiger partial charge on any atom is 0.320 e. The van der Waals surface area contributed by atoms with E-state index in [-0.39, 0.29) is 42.7 Å². The van der Waals surface area contributed by atoms with Gasteiger partial charge in [-0.2, -0.15) is 0 Å². The molecule has 0 aromatic carbocycles. The molecule has 1 saturated heterocycles. The zero-order valence-corrected chi connectivity index (χ0v) is 22.9. The summed E-state index contributed by atoms with van der Waals surface area (Å²) in [5.41, 5.74) is -0.873. The van der Waals surface area contributed by atoms with Crippen LogP contribution >= 0.6 is 0 Å². The Bertz CT molecular complexity index is 1000. The second-order valence-corrected chi connectivity index (χ2v) is 12.0. The number of hydrogen-bond donors (Lipinski definition) is 1. The number of ether oxygens (including phenoxy) is 2. The number of likely N-dealkylation sites (tertiary alicyclic amines) is 1. The van der Waals surface area contributed by atoms with Crippen molar-refractivity contribution in [2.24, 2.45) is 22.7 Å². The summed E-state index contributed by atoms with van der Waals surface area (Å²) < 4.78 is 17.3. The molecule has 2 fully saturated rings. The number of piperidine rings is 1. The summed E-state index contributed by atoms with van der Waals surface area (Å²) in [6, 6.07) is 3.57. The number of esters is 1. The van der Waals surface area contributed by atoms with Gasteiger partial charge < -0.3 is 24.1 Å². The number of carbonyl (C=O) groups excluding carboxylic acids is 3. The standard InChI is InChI=1S/C29H42N2O6/c1-19-29(27(34)35-5)16-21(14-25(32)30-17-20-10-7-6-8-11-20)26(33)31(18-22-12-9-13-36-22)23(29)15-24(37-19)28(2,3)4/h9,12-13,15,19-21,24H,6-8,10-11,14,16-18H2,1-5H3,(H,30,32)/t19-,21+,24-,29+/m1/s1. The van der Waals surface area contributed by atoms with E-state index in [9.17, 15) is 14.4 Å². The van der Waals surface area contributed by atoms with Gasteiger partial charge in [0, 0.05) is 24.6 Å². The molecule has 0 spiro atoms. The van der Waals surface area contributed by atoms with Crippen molar-refractivity contribution >= 4 is 17.8 Å². The molecule has 37 heavy (non-hydrogen) atoms. The molecule has 0 bridgehead atoms. The fraction of sp³-hybridized carbons (Fsp3) is 0.690. The van der Waals surface area contributed by atoms with E-state index in [4.69, 9.17) is 13.9 Å². The van der Waals surface area contributed by atoms with Gasteiger partial charge in [-0.1, -0.05) is 40.0 Å². The molecule has 1 aromatic rings. The van der Waals surface area contributed by atoms with Crippen molar-refractivity contribution in [1.29, 1.82) is 0 Å². The van der Waals surface area contributed by atoms with E-state index >= 15 is 0 Å². The van der Waals surface area contributed by atoms with Crippen LogP contribution in [0.1, 0.15) is 78.4 Å². The normalized spacial score (nSPS) is 28.9. The predicted molar refractivity (Wildman–Crippen MR) is 138 cm³/mol. The SMILES string of the molecule is COC(=O)[C@]12C[C@H](CC(=O)NCC3CCCCC3)C(=O)N(Cc3ccco3)C1=C[C@H](C(C)(C)C)O[C@@H]2C. The minimum Gasteiger partial charge on any atom is -0.468 e. The Balaban J connectivity index is 1.65. The zero-order chi connectivity index (χ0) is 26.8. The lowest BCUT2D eigenvalue weighted by atomic mass is 9.65. The van der Waals surface area contributed by atoms with Gasteiger partial charge in [-0.15, -0.1) is 0 Å². The summed E-state index contributed by atoms with van der Waals surface area (Å²) in [7, 11) is 1.36. The summed E-state index contributed by atoms with van der Waals surface area (Å²) in [6.45, 7) is 8.86. The molecule has 4 rings (SSSR count). The zero-order valence-electron chi connectivity index (χ0n) is 22.9. The number of fused-ring (bicyclic) bond motifs is 1. The van der Waals surface area contributed by atoms with Crippen LogP contribution in [-0.2, 0) is 30.4 Å². The van der Waals surface area contributed by atoms with E-state index in [1.54, 1.807) is 23.3 Å². The van der Waals surface area contributed by atoms with Crippen LogP contribution in [0, 0.1) is 22.7 Å². The van der Waals surface area contributed by atoms with Gasteiger partial charge >= 0.3 is 5.97 Å². The highest BCUT2D eigenvalue weighted by Crippen LogP contribution is 2.52. The van der Waals surface area contributed by atoms with Gasteiger partial charge in [-0.05, 0) is 55.7 Å². The van der Waals surface area contributed by atoms with Crippen molar-refractivity contribution in [2.45, 2.75) is 91.4 Å². The fourth-order valence-electron chi connectivity index (χ4n) is 6.11. The van der Waals surface area contributed by atoms with E-state index < -0.39 is 23.4 Å². The van der Waals surface area contributed by atoms with Crippen LogP contribution in [0.4, 0.5) is 0 Å². The minimum absolute atomic E-state index is 0.0155. The Hall–Kier alpha value is -2.61. The van der Waals surface area contributed by atoms with Crippen LogP contribution in [0.2, 0.25) is 0 Å². The Morgan fingerprint density at radius 3 is 2.57 bits per heavy atom. The van der Waals surface area contributed by atoms with Crippen LogP contribution in [0.25, 0.3) is 0 Å². The molecule has 1 N–H and O–H groups in total. The first kappa shape index (κ1) is 27.4. The summed E-state index contributed by atoms with van der Waals surface area (Å²) in [5, 5.41) is 3.06. The summed E-state index contributed by atoms with van der Waals surface area (Å²) >= 11 is 0. The number of hydrogen-bond acceptors (Lipinski definition) is 6. The smallest absolute Gasteiger partial charge is 0.320 e. The van der Waals surface area contributed by atoms with Crippen LogP contribution in [0.15, 0.2) is 34.6 Å². The van der Waals surface area contributed by atoms with Gasteiger partial charge in [0.1, 0.15) is 11.2 Å². The average molecular weight is 515 g/mol. The predicted octanol–water partition coefficient (Wildman–Crippen LogP) is 4.59. The summed E-state index contributed by atoms with van der Waals surface area (Å²) in [6.07, 6.45) is 8.70. The molecule has 4 atom stereocenters. The first-order valence-corrected chi connectivity index (χ1v) is 13.6. The van der Waals surface area contributed by atoms with E-state index in [0.29, 0.717) is 23.9 Å². The van der Waals surface area contributed by atoms with Crippen LogP contribution in [-0.4, -0.2) is 48.5 Å². The molecule has 0 radical (unpaired) electrons. The van der Waals surface area contributed by atoms with Crippen molar-refractivity contribution in [3.63, 3.8) is 0 Å². The number of nitrogens with one attached hydrogen (secondary N) is 1. The Morgan fingerprint density at radius 2 is 1.95 bits per heavy atom. The van der Waals surface area contributed by atoms with Gasteiger partial charge in [0.05, 0.1) is 32.1 Å². The number of amides is 2. The third kappa shape index (κ3) is 5.64. The molecule has 2 amide bonds. The molecule has 1 saturated carbocycles. The van der Waals surface area contributed by atoms with E-state index in [2.05, 4.69) is 26.1 Å². The van der Waals surface area contributed by atoms with Gasteiger partial charge in [0.25, 0.3) is 0 Å².